The van der Waals surface area contributed by atoms with E-state index in [1.807, 2.05) is 0 Å². The molecule has 0 aromatic carbocycles. The summed E-state index contributed by atoms with van der Waals surface area (Å²) in [5.74, 6) is 0. The van der Waals surface area contributed by atoms with Crippen LogP contribution >= 0.6 is 7.80 Å². The predicted octanol–water partition coefficient (Wildman–Crippen LogP) is 1.35. The quantitative estimate of drug-likeness (QED) is 0.566. The van der Waals surface area contributed by atoms with Gasteiger partial charge in [-0.25, -0.2) is 4.79 Å². The lowest BCUT2D eigenvalue weighted by atomic mass is 10.6. The van der Waals surface area contributed by atoms with Gasteiger partial charge in [0.25, 0.3) is 6.35 Å². The lowest BCUT2D eigenvalue weighted by molar-refractivity contribution is -0.111. The van der Waals surface area contributed by atoms with Gasteiger partial charge in [-0.05, 0) is 0 Å². The Morgan fingerprint density at radius 1 is 1.67 bits per heavy atom. The first kappa shape index (κ1) is 8.73. The molecule has 0 bridgehead atoms. The Kier molecular flexibility index (Phi) is 4.46. The lowest BCUT2D eigenvalue weighted by Crippen LogP contribution is -1.91. The topological polar surface area (TPSA) is 43.4 Å². The maximum Gasteiger partial charge on any atom is 0.442 e. The molecule has 9 heavy (non-hydrogen) atoms. The first-order valence-corrected chi connectivity index (χ1v) is 4.13. The van der Waals surface area contributed by atoms with Gasteiger partial charge in [0.05, 0.1) is 6.42 Å². The summed E-state index contributed by atoms with van der Waals surface area (Å²) < 4.78 is 15.2. The Balaban J connectivity index is 3.60. The van der Waals surface area contributed by atoms with E-state index in [0.717, 1.165) is 0 Å². The lowest BCUT2D eigenvalue weighted by Gasteiger charge is -1.80. The van der Waals surface area contributed by atoms with Crippen molar-refractivity contribution in [3.63, 3.8) is 0 Å². The third-order valence-corrected chi connectivity index (χ3v) is 2.19. The van der Waals surface area contributed by atoms with Gasteiger partial charge in [0, 0.05) is 7.11 Å². The molecule has 0 radical (unpaired) electrons. The van der Waals surface area contributed by atoms with Gasteiger partial charge >= 0.3 is 13.3 Å². The minimum atomic E-state index is -1.75. The van der Waals surface area contributed by atoms with Gasteiger partial charge in [-0.3, -0.25) is 0 Å². The minimum absolute atomic E-state index is 0.0575. The fraction of sp³-hybridized carbons (Fsp3) is 0.800. The van der Waals surface area contributed by atoms with E-state index in [2.05, 4.69) is 4.74 Å². The predicted molar refractivity (Wildman–Crippen MR) is 34.8 cm³/mol. The standard InChI is InChI=1S/C5H10O3P/c1-3-5(6)9(7)4-8-2/h3-4H2,1-2H3/q+1. The van der Waals surface area contributed by atoms with E-state index in [4.69, 9.17) is 0 Å². The van der Waals surface area contributed by atoms with Crippen LogP contribution in [0.2, 0.25) is 0 Å². The zero-order valence-electron chi connectivity index (χ0n) is 5.59. The van der Waals surface area contributed by atoms with Crippen LogP contribution in [0.1, 0.15) is 13.3 Å². The summed E-state index contributed by atoms with van der Waals surface area (Å²) in [7, 11) is -0.326. The molecule has 1 atom stereocenters. The van der Waals surface area contributed by atoms with Crippen molar-refractivity contribution in [2.75, 3.05) is 13.5 Å². The molecule has 0 N–H and O–H groups in total. The Hall–Kier alpha value is -0.270. The fourth-order valence-electron chi connectivity index (χ4n) is 0.366. The van der Waals surface area contributed by atoms with Crippen molar-refractivity contribution in [2.24, 2.45) is 0 Å². The van der Waals surface area contributed by atoms with Gasteiger partial charge < -0.3 is 4.74 Å². The summed E-state index contributed by atoms with van der Waals surface area (Å²) >= 11 is 0. The van der Waals surface area contributed by atoms with Crippen molar-refractivity contribution >= 4 is 13.3 Å². The second-order valence-electron chi connectivity index (χ2n) is 1.54. The van der Waals surface area contributed by atoms with E-state index in [1.54, 1.807) is 6.92 Å². The number of methoxy groups -OCH3 is 1. The van der Waals surface area contributed by atoms with Gasteiger partial charge in [-0.15, -0.1) is 0 Å². The Morgan fingerprint density at radius 3 is 2.56 bits per heavy atom. The fourth-order valence-corrected chi connectivity index (χ4v) is 1.10. The van der Waals surface area contributed by atoms with Crippen LogP contribution in [0.15, 0.2) is 0 Å². The van der Waals surface area contributed by atoms with E-state index in [1.165, 1.54) is 7.11 Å². The normalized spacial score (nSPS) is 11.1. The number of hydrogen-bond acceptors (Lipinski definition) is 3. The van der Waals surface area contributed by atoms with Crippen molar-refractivity contribution in [1.29, 1.82) is 0 Å². The smallest absolute Gasteiger partial charge is 0.340 e. The molecular formula is C5H10O3P+. The van der Waals surface area contributed by atoms with Crippen LogP contribution in [0.4, 0.5) is 0 Å². The first-order chi connectivity index (χ1) is 4.22. The number of carbonyl (C=O) groups is 1. The molecular weight excluding hydrogens is 139 g/mol. The Morgan fingerprint density at radius 2 is 2.22 bits per heavy atom. The van der Waals surface area contributed by atoms with Crippen molar-refractivity contribution < 1.29 is 14.1 Å². The molecule has 0 fully saturated rings. The molecule has 1 unspecified atom stereocenters. The Bertz CT molecular complexity index is 121. The number of carbonyl (C=O) groups excluding carboxylic acids is 1. The molecule has 4 heteroatoms. The molecule has 0 aliphatic rings. The SMILES string of the molecule is CCC(=O)[P+](=O)COC. The number of hydrogen-bond donors (Lipinski definition) is 0. The van der Waals surface area contributed by atoms with Crippen LogP contribution < -0.4 is 0 Å². The second-order valence-corrected chi connectivity index (χ2v) is 3.06. The third kappa shape index (κ3) is 3.33. The molecule has 0 heterocycles. The van der Waals surface area contributed by atoms with Crippen LogP contribution in [0.5, 0.6) is 0 Å². The van der Waals surface area contributed by atoms with Gasteiger partial charge in [0.1, 0.15) is 0 Å². The first-order valence-electron chi connectivity index (χ1n) is 2.68. The van der Waals surface area contributed by atoms with Gasteiger partial charge in [0.15, 0.2) is 0 Å². The molecule has 0 saturated carbocycles. The van der Waals surface area contributed by atoms with E-state index in [9.17, 15) is 9.36 Å². The van der Waals surface area contributed by atoms with Crippen LogP contribution in [0.25, 0.3) is 0 Å². The zero-order valence-corrected chi connectivity index (χ0v) is 6.48. The molecule has 0 aliphatic heterocycles. The largest absolute Gasteiger partial charge is 0.442 e. The molecule has 0 rings (SSSR count). The van der Waals surface area contributed by atoms with Gasteiger partial charge in [0.2, 0.25) is 0 Å². The molecule has 0 amide bonds. The number of rotatable bonds is 4. The van der Waals surface area contributed by atoms with Crippen molar-refractivity contribution in [2.45, 2.75) is 13.3 Å². The van der Waals surface area contributed by atoms with E-state index in [-0.39, 0.29) is 11.9 Å². The monoisotopic (exact) mass is 149 g/mol. The maximum atomic E-state index is 10.6. The molecule has 0 aromatic heterocycles. The van der Waals surface area contributed by atoms with Crippen molar-refractivity contribution in [3.8, 4) is 0 Å². The molecule has 0 aromatic rings. The van der Waals surface area contributed by atoms with Crippen LogP contribution in [0.3, 0.4) is 0 Å². The average Bonchev–Trinajstić information content (AvgIpc) is 1.87. The van der Waals surface area contributed by atoms with Crippen LogP contribution in [-0.2, 0) is 14.1 Å². The third-order valence-electron chi connectivity index (χ3n) is 0.827. The van der Waals surface area contributed by atoms with Crippen molar-refractivity contribution in [1.82, 2.24) is 0 Å². The van der Waals surface area contributed by atoms with Crippen LogP contribution in [-0.4, -0.2) is 19.0 Å². The highest BCUT2D eigenvalue weighted by Crippen LogP contribution is 2.22. The average molecular weight is 149 g/mol. The van der Waals surface area contributed by atoms with Gasteiger partial charge in [-0.1, -0.05) is 11.5 Å². The highest BCUT2D eigenvalue weighted by Gasteiger charge is 2.24. The van der Waals surface area contributed by atoms with E-state index in [0.29, 0.717) is 6.42 Å². The Labute approximate surface area is 55.2 Å². The molecule has 52 valence electrons. The molecule has 0 aliphatic carbocycles. The maximum absolute atomic E-state index is 10.6. The summed E-state index contributed by atoms with van der Waals surface area (Å²) in [5.41, 5.74) is -0.216. The summed E-state index contributed by atoms with van der Waals surface area (Å²) in [6, 6.07) is 0. The molecule has 3 nitrogen and oxygen atoms in total. The van der Waals surface area contributed by atoms with Crippen LogP contribution in [0, 0.1) is 0 Å². The van der Waals surface area contributed by atoms with E-state index >= 15 is 0 Å². The summed E-state index contributed by atoms with van der Waals surface area (Å²) in [6.45, 7) is 1.69. The summed E-state index contributed by atoms with van der Waals surface area (Å²) in [6.07, 6.45) is 0.389. The summed E-state index contributed by atoms with van der Waals surface area (Å²) in [4.78, 5) is 10.5. The zero-order chi connectivity index (χ0) is 7.28. The highest BCUT2D eigenvalue weighted by atomic mass is 31.1. The summed E-state index contributed by atoms with van der Waals surface area (Å²) in [5, 5.41) is 0. The molecule has 0 saturated heterocycles. The number of ether oxygens (including phenoxy) is 1. The van der Waals surface area contributed by atoms with E-state index < -0.39 is 7.80 Å². The second kappa shape index (κ2) is 4.59. The highest BCUT2D eigenvalue weighted by molar-refractivity contribution is 7.63. The molecule has 0 spiro atoms. The van der Waals surface area contributed by atoms with Gasteiger partial charge in [-0.2, -0.15) is 0 Å². The minimum Gasteiger partial charge on any atom is -0.340 e. The van der Waals surface area contributed by atoms with Crippen molar-refractivity contribution in [3.05, 3.63) is 0 Å².